The normalized spacial score (nSPS) is 15.3. The molecule has 154 valence electrons. The molecule has 1 aliphatic rings. The van der Waals surface area contributed by atoms with Gasteiger partial charge in [-0.3, -0.25) is 14.6 Å². The van der Waals surface area contributed by atoms with Crippen LogP contribution in [0.3, 0.4) is 0 Å². The Morgan fingerprint density at radius 2 is 1.96 bits per heavy atom. The Hall–Kier alpha value is -2.28. The molecule has 0 radical (unpaired) electrons. The van der Waals surface area contributed by atoms with Crippen LogP contribution in [0, 0.1) is 12.8 Å². The molecule has 1 saturated heterocycles. The first-order valence-corrected chi connectivity index (χ1v) is 10.0. The molecule has 8 heteroatoms. The van der Waals surface area contributed by atoms with E-state index in [2.05, 4.69) is 25.8 Å². The Morgan fingerprint density at radius 3 is 2.61 bits per heavy atom. The molecule has 0 atom stereocenters. The standard InChI is InChI=1S/C20H30ClN5O2/c1-14-16(21)5-4-6-17(14)25-18(27)7-10-24-20(23-3)26-11-8-15(9-12-26)13-19(28)22-2/h4-6,15H,7-13H2,1-3H3,(H,22,28)(H,23,24)(H,25,27). The average Bonchev–Trinajstić information content (AvgIpc) is 2.69. The molecule has 1 fully saturated rings. The second kappa shape index (κ2) is 10.9. The molecule has 2 rings (SSSR count). The number of anilines is 1. The van der Waals surface area contributed by atoms with E-state index in [-0.39, 0.29) is 11.8 Å². The van der Waals surface area contributed by atoms with Crippen LogP contribution in [0.2, 0.25) is 5.02 Å². The number of aliphatic imine (C=N–C) groups is 1. The van der Waals surface area contributed by atoms with Crippen molar-refractivity contribution in [2.24, 2.45) is 10.9 Å². The SMILES string of the molecule is CN=C(NCCC(=O)Nc1cccc(Cl)c1C)N1CCC(CC(=O)NC)CC1. The third kappa shape index (κ3) is 6.41. The van der Waals surface area contributed by atoms with Crippen molar-refractivity contribution in [2.75, 3.05) is 39.0 Å². The van der Waals surface area contributed by atoms with Crippen LogP contribution in [0.15, 0.2) is 23.2 Å². The molecule has 1 aromatic carbocycles. The fourth-order valence-corrected chi connectivity index (χ4v) is 3.46. The highest BCUT2D eigenvalue weighted by Gasteiger charge is 2.23. The van der Waals surface area contributed by atoms with Crippen LogP contribution in [-0.2, 0) is 9.59 Å². The Kier molecular flexibility index (Phi) is 8.57. The van der Waals surface area contributed by atoms with Crippen molar-refractivity contribution in [1.82, 2.24) is 15.5 Å². The van der Waals surface area contributed by atoms with E-state index in [9.17, 15) is 9.59 Å². The third-order valence-electron chi connectivity index (χ3n) is 5.06. The van der Waals surface area contributed by atoms with Gasteiger partial charge in [0.05, 0.1) is 0 Å². The van der Waals surface area contributed by atoms with Crippen LogP contribution >= 0.6 is 11.6 Å². The van der Waals surface area contributed by atoms with E-state index in [0.29, 0.717) is 30.3 Å². The van der Waals surface area contributed by atoms with Crippen molar-refractivity contribution in [3.05, 3.63) is 28.8 Å². The van der Waals surface area contributed by atoms with Gasteiger partial charge in [0.1, 0.15) is 0 Å². The van der Waals surface area contributed by atoms with Crippen LogP contribution in [0.4, 0.5) is 5.69 Å². The van der Waals surface area contributed by atoms with Crippen LogP contribution in [0.5, 0.6) is 0 Å². The van der Waals surface area contributed by atoms with Gasteiger partial charge in [-0.2, -0.15) is 0 Å². The predicted molar refractivity (Wildman–Crippen MR) is 114 cm³/mol. The molecular formula is C20H30ClN5O2. The number of likely N-dealkylation sites (tertiary alicyclic amines) is 1. The van der Waals surface area contributed by atoms with E-state index in [1.54, 1.807) is 20.2 Å². The maximum Gasteiger partial charge on any atom is 0.226 e. The summed E-state index contributed by atoms with van der Waals surface area (Å²) in [7, 11) is 3.42. The lowest BCUT2D eigenvalue weighted by Crippen LogP contribution is -2.46. The first kappa shape index (κ1) is 22.0. The van der Waals surface area contributed by atoms with Gasteiger partial charge in [0, 0.05) is 57.3 Å². The van der Waals surface area contributed by atoms with E-state index >= 15 is 0 Å². The lowest BCUT2D eigenvalue weighted by molar-refractivity contribution is -0.121. The summed E-state index contributed by atoms with van der Waals surface area (Å²) in [5, 5.41) is 9.48. The molecule has 0 bridgehead atoms. The van der Waals surface area contributed by atoms with Gasteiger partial charge in [-0.05, 0) is 43.4 Å². The molecule has 0 aliphatic carbocycles. The molecule has 0 spiro atoms. The minimum absolute atomic E-state index is 0.0717. The smallest absolute Gasteiger partial charge is 0.226 e. The number of amides is 2. The number of nitrogens with zero attached hydrogens (tertiary/aromatic N) is 2. The summed E-state index contributed by atoms with van der Waals surface area (Å²) in [6, 6.07) is 5.46. The van der Waals surface area contributed by atoms with Crippen LogP contribution in [-0.4, -0.2) is 56.4 Å². The molecule has 1 aliphatic heterocycles. The largest absolute Gasteiger partial charge is 0.359 e. The number of benzene rings is 1. The lowest BCUT2D eigenvalue weighted by Gasteiger charge is -2.34. The van der Waals surface area contributed by atoms with Gasteiger partial charge in [0.15, 0.2) is 5.96 Å². The summed E-state index contributed by atoms with van der Waals surface area (Å²) in [6.07, 6.45) is 2.84. The highest BCUT2D eigenvalue weighted by Crippen LogP contribution is 2.23. The molecule has 7 nitrogen and oxygen atoms in total. The zero-order valence-electron chi connectivity index (χ0n) is 16.8. The Bertz CT molecular complexity index is 715. The molecule has 2 amide bonds. The number of rotatable bonds is 6. The van der Waals surface area contributed by atoms with Gasteiger partial charge in [0.25, 0.3) is 0 Å². The van der Waals surface area contributed by atoms with Crippen LogP contribution in [0.1, 0.15) is 31.2 Å². The lowest BCUT2D eigenvalue weighted by atomic mass is 9.93. The Labute approximate surface area is 171 Å². The van der Waals surface area contributed by atoms with Gasteiger partial charge in [0.2, 0.25) is 11.8 Å². The number of halogens is 1. The quantitative estimate of drug-likeness (QED) is 0.499. The zero-order valence-corrected chi connectivity index (χ0v) is 17.6. The summed E-state index contributed by atoms with van der Waals surface area (Å²) < 4.78 is 0. The van der Waals surface area contributed by atoms with Crippen molar-refractivity contribution in [2.45, 2.75) is 32.6 Å². The first-order valence-electron chi connectivity index (χ1n) is 9.65. The maximum absolute atomic E-state index is 12.2. The average molecular weight is 408 g/mol. The summed E-state index contributed by atoms with van der Waals surface area (Å²) in [5.41, 5.74) is 1.60. The van der Waals surface area contributed by atoms with Crippen molar-refractivity contribution in [3.63, 3.8) is 0 Å². The number of hydrogen-bond acceptors (Lipinski definition) is 3. The van der Waals surface area contributed by atoms with Crippen molar-refractivity contribution < 1.29 is 9.59 Å². The van der Waals surface area contributed by atoms with E-state index in [0.717, 1.165) is 43.1 Å². The highest BCUT2D eigenvalue weighted by molar-refractivity contribution is 6.31. The van der Waals surface area contributed by atoms with E-state index in [1.807, 2.05) is 19.1 Å². The van der Waals surface area contributed by atoms with E-state index in [4.69, 9.17) is 11.6 Å². The van der Waals surface area contributed by atoms with Crippen LogP contribution in [0.25, 0.3) is 0 Å². The monoisotopic (exact) mass is 407 g/mol. The van der Waals surface area contributed by atoms with Gasteiger partial charge in [-0.1, -0.05) is 17.7 Å². The predicted octanol–water partition coefficient (Wildman–Crippen LogP) is 2.40. The second-order valence-corrected chi connectivity index (χ2v) is 7.40. The molecular weight excluding hydrogens is 378 g/mol. The molecule has 1 aromatic rings. The third-order valence-corrected chi connectivity index (χ3v) is 5.47. The summed E-state index contributed by atoms with van der Waals surface area (Å²) in [5.74, 6) is 1.24. The topological polar surface area (TPSA) is 85.8 Å². The minimum Gasteiger partial charge on any atom is -0.359 e. The minimum atomic E-state index is -0.0717. The number of hydrogen-bond donors (Lipinski definition) is 3. The van der Waals surface area contributed by atoms with Gasteiger partial charge >= 0.3 is 0 Å². The second-order valence-electron chi connectivity index (χ2n) is 6.99. The Balaban J connectivity index is 1.74. The number of carbonyl (C=O) groups is 2. The van der Waals surface area contributed by atoms with Gasteiger partial charge in [-0.15, -0.1) is 0 Å². The zero-order chi connectivity index (χ0) is 20.5. The first-order chi connectivity index (χ1) is 13.4. The fourth-order valence-electron chi connectivity index (χ4n) is 3.29. The molecule has 3 N–H and O–H groups in total. The van der Waals surface area contributed by atoms with Crippen molar-refractivity contribution >= 4 is 35.1 Å². The molecule has 1 heterocycles. The van der Waals surface area contributed by atoms with Gasteiger partial charge < -0.3 is 20.9 Å². The van der Waals surface area contributed by atoms with Crippen molar-refractivity contribution in [1.29, 1.82) is 0 Å². The van der Waals surface area contributed by atoms with Gasteiger partial charge in [-0.25, -0.2) is 0 Å². The molecule has 28 heavy (non-hydrogen) atoms. The van der Waals surface area contributed by atoms with Crippen molar-refractivity contribution in [3.8, 4) is 0 Å². The molecule has 0 saturated carbocycles. The number of nitrogens with one attached hydrogen (secondary N) is 3. The Morgan fingerprint density at radius 1 is 1.25 bits per heavy atom. The fraction of sp³-hybridized carbons (Fsp3) is 0.550. The highest BCUT2D eigenvalue weighted by atomic mass is 35.5. The molecule has 0 unspecified atom stereocenters. The van der Waals surface area contributed by atoms with E-state index in [1.165, 1.54) is 0 Å². The summed E-state index contributed by atoms with van der Waals surface area (Å²) in [6.45, 7) is 4.09. The number of carbonyl (C=O) groups excluding carboxylic acids is 2. The number of guanidine groups is 1. The summed E-state index contributed by atoms with van der Waals surface area (Å²) >= 11 is 6.09. The van der Waals surface area contributed by atoms with Crippen LogP contribution < -0.4 is 16.0 Å². The molecule has 0 aromatic heterocycles. The summed E-state index contributed by atoms with van der Waals surface area (Å²) in [4.78, 5) is 30.2. The van der Waals surface area contributed by atoms with E-state index < -0.39 is 0 Å². The number of piperidine rings is 1. The maximum atomic E-state index is 12.2.